The van der Waals surface area contributed by atoms with E-state index in [1.54, 1.807) is 19.2 Å². The van der Waals surface area contributed by atoms with Crippen molar-refractivity contribution in [2.24, 2.45) is 4.99 Å². The molecule has 0 radical (unpaired) electrons. The molecular formula is C24H33N5O4. The molecule has 0 aromatic heterocycles. The van der Waals surface area contributed by atoms with Crippen LogP contribution in [0.5, 0.6) is 11.5 Å². The molecule has 9 heteroatoms. The molecule has 0 N–H and O–H groups in total. The van der Waals surface area contributed by atoms with Gasteiger partial charge in [-0.25, -0.2) is 9.79 Å². The van der Waals surface area contributed by atoms with Gasteiger partial charge >= 0.3 is 6.03 Å². The first kappa shape index (κ1) is 23.2. The second kappa shape index (κ2) is 10.8. The van der Waals surface area contributed by atoms with Crippen molar-refractivity contribution in [3.05, 3.63) is 17.7 Å². The van der Waals surface area contributed by atoms with E-state index in [1.165, 1.54) is 0 Å². The lowest BCUT2D eigenvalue weighted by Gasteiger charge is -2.32. The molecule has 178 valence electrons. The van der Waals surface area contributed by atoms with E-state index in [2.05, 4.69) is 11.0 Å². The van der Waals surface area contributed by atoms with Gasteiger partial charge in [-0.15, -0.1) is 0 Å². The van der Waals surface area contributed by atoms with Crippen LogP contribution in [0, 0.1) is 11.3 Å². The summed E-state index contributed by atoms with van der Waals surface area (Å²) in [4.78, 5) is 23.7. The van der Waals surface area contributed by atoms with Crippen molar-refractivity contribution < 1.29 is 19.0 Å². The number of carbonyl (C=O) groups excluding carboxylic acids is 1. The highest BCUT2D eigenvalue weighted by atomic mass is 16.5. The SMILES string of the molecule is COc1cc(N=C(C)N2CCCN(C(=O)N3CCOCC3)CC2)c(C#N)c(OC2CCC2)c1. The summed E-state index contributed by atoms with van der Waals surface area (Å²) in [5.74, 6) is 1.97. The van der Waals surface area contributed by atoms with Gasteiger partial charge in [0.15, 0.2) is 0 Å². The molecular weight excluding hydrogens is 422 g/mol. The van der Waals surface area contributed by atoms with Crippen LogP contribution in [0.2, 0.25) is 0 Å². The molecule has 4 rings (SSSR count). The molecule has 2 saturated heterocycles. The monoisotopic (exact) mass is 455 g/mol. The molecule has 2 aliphatic heterocycles. The van der Waals surface area contributed by atoms with Crippen LogP contribution < -0.4 is 9.47 Å². The van der Waals surface area contributed by atoms with E-state index < -0.39 is 0 Å². The van der Waals surface area contributed by atoms with Crippen LogP contribution in [0.3, 0.4) is 0 Å². The molecule has 2 heterocycles. The third-order valence-corrected chi connectivity index (χ3v) is 6.54. The van der Waals surface area contributed by atoms with Crippen LogP contribution in [0.15, 0.2) is 17.1 Å². The number of aliphatic imine (C=N–C) groups is 1. The summed E-state index contributed by atoms with van der Waals surface area (Å²) in [5.41, 5.74) is 0.982. The fourth-order valence-corrected chi connectivity index (χ4v) is 4.29. The van der Waals surface area contributed by atoms with Crippen molar-refractivity contribution in [1.29, 1.82) is 5.26 Å². The minimum atomic E-state index is 0.0899. The van der Waals surface area contributed by atoms with Crippen molar-refractivity contribution in [3.8, 4) is 17.6 Å². The standard InChI is InChI=1S/C24H33N5O4/c1-18(27-7-4-8-28(10-9-27)24(30)29-11-13-32-14-12-29)26-22-15-20(31-2)16-23(21(22)17-25)33-19-5-3-6-19/h15-16,19H,3-14H2,1-2H3. The van der Waals surface area contributed by atoms with E-state index in [4.69, 9.17) is 19.2 Å². The predicted octanol–water partition coefficient (Wildman–Crippen LogP) is 3.01. The topological polar surface area (TPSA) is 90.6 Å². The Labute approximate surface area is 195 Å². The van der Waals surface area contributed by atoms with Crippen LogP contribution in [-0.4, -0.2) is 92.3 Å². The number of morpholine rings is 1. The number of nitriles is 1. The Kier molecular flexibility index (Phi) is 7.55. The first-order valence-electron chi connectivity index (χ1n) is 11.8. The van der Waals surface area contributed by atoms with Crippen LogP contribution in [-0.2, 0) is 4.74 Å². The van der Waals surface area contributed by atoms with Crippen molar-refractivity contribution >= 4 is 17.6 Å². The molecule has 0 atom stereocenters. The number of nitrogens with zero attached hydrogens (tertiary/aromatic N) is 5. The van der Waals surface area contributed by atoms with Crippen molar-refractivity contribution in [3.63, 3.8) is 0 Å². The molecule has 0 bridgehead atoms. The van der Waals surface area contributed by atoms with Gasteiger partial charge in [-0.2, -0.15) is 5.26 Å². The van der Waals surface area contributed by atoms with E-state index in [1.807, 2.05) is 16.7 Å². The van der Waals surface area contributed by atoms with Crippen molar-refractivity contribution in [2.45, 2.75) is 38.7 Å². The number of hydrogen-bond acceptors (Lipinski definition) is 6. The van der Waals surface area contributed by atoms with Gasteiger partial charge in [0.1, 0.15) is 29.0 Å². The molecule has 1 aromatic carbocycles. The lowest BCUT2D eigenvalue weighted by atomic mass is 9.96. The number of urea groups is 1. The predicted molar refractivity (Wildman–Crippen MR) is 124 cm³/mol. The van der Waals surface area contributed by atoms with Crippen LogP contribution in [0.1, 0.15) is 38.2 Å². The largest absolute Gasteiger partial charge is 0.497 e. The van der Waals surface area contributed by atoms with Gasteiger partial charge < -0.3 is 28.9 Å². The summed E-state index contributed by atoms with van der Waals surface area (Å²) in [6, 6.07) is 5.91. The summed E-state index contributed by atoms with van der Waals surface area (Å²) in [6.45, 7) is 7.32. The first-order chi connectivity index (χ1) is 16.1. The van der Waals surface area contributed by atoms with Gasteiger partial charge in [-0.3, -0.25) is 0 Å². The van der Waals surface area contributed by atoms with E-state index in [9.17, 15) is 10.1 Å². The number of rotatable bonds is 4. The van der Waals surface area contributed by atoms with E-state index in [0.29, 0.717) is 62.1 Å². The molecule has 2 amide bonds. The summed E-state index contributed by atoms with van der Waals surface area (Å²) in [7, 11) is 1.60. The van der Waals surface area contributed by atoms with E-state index >= 15 is 0 Å². The third-order valence-electron chi connectivity index (χ3n) is 6.54. The van der Waals surface area contributed by atoms with Gasteiger partial charge in [0.2, 0.25) is 0 Å². The summed E-state index contributed by atoms with van der Waals surface area (Å²) in [5, 5.41) is 9.84. The first-order valence-corrected chi connectivity index (χ1v) is 11.8. The Balaban J connectivity index is 1.48. The Morgan fingerprint density at radius 1 is 1.06 bits per heavy atom. The van der Waals surface area contributed by atoms with Gasteiger partial charge in [-0.05, 0) is 32.6 Å². The minimum absolute atomic E-state index is 0.0899. The quantitative estimate of drug-likeness (QED) is 0.512. The molecule has 3 fully saturated rings. The van der Waals surface area contributed by atoms with Crippen molar-refractivity contribution in [1.82, 2.24) is 14.7 Å². The molecule has 1 saturated carbocycles. The number of ether oxygens (including phenoxy) is 3. The maximum absolute atomic E-state index is 12.9. The number of methoxy groups -OCH3 is 1. The number of hydrogen-bond donors (Lipinski definition) is 0. The Morgan fingerprint density at radius 2 is 1.76 bits per heavy atom. The fraction of sp³-hybridized carbons (Fsp3) is 0.625. The lowest BCUT2D eigenvalue weighted by Crippen LogP contribution is -2.49. The summed E-state index contributed by atoms with van der Waals surface area (Å²) < 4.78 is 16.9. The van der Waals surface area contributed by atoms with Gasteiger partial charge in [0, 0.05) is 51.4 Å². The van der Waals surface area contributed by atoms with Gasteiger partial charge in [0.05, 0.1) is 32.1 Å². The van der Waals surface area contributed by atoms with Crippen LogP contribution in [0.25, 0.3) is 0 Å². The average Bonchev–Trinajstić information content (AvgIpc) is 3.07. The van der Waals surface area contributed by atoms with Gasteiger partial charge in [-0.1, -0.05) is 0 Å². The summed E-state index contributed by atoms with van der Waals surface area (Å²) in [6.07, 6.45) is 4.19. The highest BCUT2D eigenvalue weighted by molar-refractivity contribution is 5.84. The molecule has 0 unspecified atom stereocenters. The van der Waals surface area contributed by atoms with Crippen LogP contribution in [0.4, 0.5) is 10.5 Å². The number of amidine groups is 1. The number of amides is 2. The van der Waals surface area contributed by atoms with E-state index in [0.717, 1.165) is 44.6 Å². The zero-order chi connectivity index (χ0) is 23.2. The third kappa shape index (κ3) is 5.50. The summed E-state index contributed by atoms with van der Waals surface area (Å²) >= 11 is 0. The van der Waals surface area contributed by atoms with Crippen molar-refractivity contribution in [2.75, 3.05) is 59.6 Å². The maximum atomic E-state index is 12.9. The second-order valence-corrected chi connectivity index (χ2v) is 8.67. The van der Waals surface area contributed by atoms with Crippen LogP contribution >= 0.6 is 0 Å². The second-order valence-electron chi connectivity index (χ2n) is 8.67. The smallest absolute Gasteiger partial charge is 0.320 e. The molecule has 1 aliphatic carbocycles. The molecule has 1 aromatic rings. The molecule has 3 aliphatic rings. The van der Waals surface area contributed by atoms with E-state index in [-0.39, 0.29) is 12.1 Å². The van der Waals surface area contributed by atoms with Gasteiger partial charge in [0.25, 0.3) is 0 Å². The molecule has 33 heavy (non-hydrogen) atoms. The fourth-order valence-electron chi connectivity index (χ4n) is 4.29. The zero-order valence-corrected chi connectivity index (χ0v) is 19.6. The normalized spacial score (nSPS) is 20.0. The Hall–Kier alpha value is -2.99. The number of benzene rings is 1. The minimum Gasteiger partial charge on any atom is -0.497 e. The highest BCUT2D eigenvalue weighted by Gasteiger charge is 2.26. The lowest BCUT2D eigenvalue weighted by molar-refractivity contribution is 0.0437. The Bertz CT molecular complexity index is 918. The molecule has 0 spiro atoms. The maximum Gasteiger partial charge on any atom is 0.320 e. The molecule has 9 nitrogen and oxygen atoms in total. The highest BCUT2D eigenvalue weighted by Crippen LogP contribution is 2.36. The Morgan fingerprint density at radius 3 is 2.42 bits per heavy atom. The average molecular weight is 456 g/mol. The number of carbonyl (C=O) groups is 1. The zero-order valence-electron chi connectivity index (χ0n) is 19.6.